The fourth-order valence-corrected chi connectivity index (χ4v) is 3.05. The topological polar surface area (TPSA) is 66.5 Å². The minimum atomic E-state index is -0.258. The molecular weight excluding hydrogens is 350 g/mol. The molecule has 1 aromatic heterocycles. The van der Waals surface area contributed by atoms with Crippen molar-refractivity contribution in [3.05, 3.63) is 90.1 Å². The van der Waals surface area contributed by atoms with Gasteiger partial charge in [0, 0.05) is 28.2 Å². The third-order valence-electron chi connectivity index (χ3n) is 4.54. The van der Waals surface area contributed by atoms with Gasteiger partial charge in [0.1, 0.15) is 5.75 Å². The molecule has 5 heteroatoms. The number of nitrogens with one attached hydrogen (secondary N) is 2. The maximum Gasteiger partial charge on any atom is 0.271 e. The molecule has 0 spiro atoms. The summed E-state index contributed by atoms with van der Waals surface area (Å²) in [7, 11) is 1.64. The number of ether oxygens (including phenoxy) is 1. The number of benzene rings is 3. The van der Waals surface area contributed by atoms with E-state index in [0.29, 0.717) is 5.56 Å². The van der Waals surface area contributed by atoms with E-state index in [1.807, 2.05) is 72.9 Å². The zero-order valence-electron chi connectivity index (χ0n) is 15.3. The Labute approximate surface area is 162 Å². The lowest BCUT2D eigenvalue weighted by molar-refractivity contribution is 0.0955. The number of hydrazone groups is 1. The number of rotatable bonds is 5. The first-order valence-electron chi connectivity index (χ1n) is 8.88. The van der Waals surface area contributed by atoms with Gasteiger partial charge in [-0.2, -0.15) is 5.10 Å². The third-order valence-corrected chi connectivity index (χ3v) is 4.54. The lowest BCUT2D eigenvalue weighted by Gasteiger charge is -2.06. The maximum atomic E-state index is 12.5. The highest BCUT2D eigenvalue weighted by Gasteiger charge is 2.07. The second kappa shape index (κ2) is 7.80. The van der Waals surface area contributed by atoms with Crippen molar-refractivity contribution in [2.45, 2.75) is 0 Å². The van der Waals surface area contributed by atoms with Crippen molar-refractivity contribution in [3.63, 3.8) is 0 Å². The first kappa shape index (κ1) is 17.5. The monoisotopic (exact) mass is 369 g/mol. The van der Waals surface area contributed by atoms with Gasteiger partial charge in [0.2, 0.25) is 0 Å². The Morgan fingerprint density at radius 2 is 1.82 bits per heavy atom. The normalized spacial score (nSPS) is 11.0. The van der Waals surface area contributed by atoms with Crippen LogP contribution in [-0.4, -0.2) is 24.2 Å². The van der Waals surface area contributed by atoms with E-state index >= 15 is 0 Å². The number of nitrogens with zero attached hydrogens (tertiary/aromatic N) is 1. The Bertz CT molecular complexity index is 1140. The molecule has 3 aromatic carbocycles. The first-order chi connectivity index (χ1) is 13.7. The average molecular weight is 369 g/mol. The van der Waals surface area contributed by atoms with Crippen LogP contribution in [0.1, 0.15) is 15.9 Å². The molecule has 2 N–H and O–H groups in total. The van der Waals surface area contributed by atoms with E-state index in [0.717, 1.165) is 33.3 Å². The van der Waals surface area contributed by atoms with Crippen LogP contribution in [0.4, 0.5) is 0 Å². The second-order valence-electron chi connectivity index (χ2n) is 6.30. The van der Waals surface area contributed by atoms with Gasteiger partial charge in [-0.05, 0) is 41.5 Å². The number of carbonyl (C=O) groups is 1. The molecule has 0 saturated carbocycles. The molecule has 138 valence electrons. The van der Waals surface area contributed by atoms with E-state index in [9.17, 15) is 4.79 Å². The van der Waals surface area contributed by atoms with E-state index in [2.05, 4.69) is 15.5 Å². The quantitative estimate of drug-likeness (QED) is 0.399. The Morgan fingerprint density at radius 1 is 1.00 bits per heavy atom. The second-order valence-corrected chi connectivity index (χ2v) is 6.30. The van der Waals surface area contributed by atoms with Gasteiger partial charge in [-0.1, -0.05) is 42.5 Å². The average Bonchev–Trinajstić information content (AvgIpc) is 3.17. The molecule has 4 rings (SSSR count). The zero-order chi connectivity index (χ0) is 19.3. The fraction of sp³-hybridized carbons (Fsp3) is 0.0435. The predicted octanol–water partition coefficient (Wildman–Crippen LogP) is 4.61. The molecule has 0 fully saturated rings. The highest BCUT2D eigenvalue weighted by Crippen LogP contribution is 2.23. The summed E-state index contributed by atoms with van der Waals surface area (Å²) in [6.45, 7) is 0. The molecule has 1 heterocycles. The molecule has 0 radical (unpaired) electrons. The largest absolute Gasteiger partial charge is 0.497 e. The van der Waals surface area contributed by atoms with Crippen molar-refractivity contribution >= 4 is 23.0 Å². The molecule has 0 aliphatic heterocycles. The van der Waals surface area contributed by atoms with Crippen molar-refractivity contribution in [2.24, 2.45) is 5.10 Å². The number of amides is 1. The van der Waals surface area contributed by atoms with Crippen LogP contribution in [0.2, 0.25) is 0 Å². The Kier molecular flexibility index (Phi) is 4.89. The number of para-hydroxylation sites is 1. The first-order valence-corrected chi connectivity index (χ1v) is 8.88. The van der Waals surface area contributed by atoms with Crippen LogP contribution in [0, 0.1) is 0 Å². The summed E-state index contributed by atoms with van der Waals surface area (Å²) < 4.78 is 5.19. The summed E-state index contributed by atoms with van der Waals surface area (Å²) in [6, 6.07) is 23.1. The molecule has 0 saturated heterocycles. The molecule has 0 bridgehead atoms. The smallest absolute Gasteiger partial charge is 0.271 e. The van der Waals surface area contributed by atoms with E-state index in [4.69, 9.17) is 4.74 Å². The highest BCUT2D eigenvalue weighted by atomic mass is 16.5. The number of H-pyrrole nitrogens is 1. The molecule has 0 aliphatic rings. The van der Waals surface area contributed by atoms with Gasteiger partial charge in [-0.25, -0.2) is 5.43 Å². The zero-order valence-corrected chi connectivity index (χ0v) is 15.3. The van der Waals surface area contributed by atoms with Crippen LogP contribution in [-0.2, 0) is 0 Å². The third kappa shape index (κ3) is 3.64. The van der Waals surface area contributed by atoms with Gasteiger partial charge in [0.15, 0.2) is 0 Å². The molecule has 1 amide bonds. The van der Waals surface area contributed by atoms with Gasteiger partial charge in [0.05, 0.1) is 13.3 Å². The van der Waals surface area contributed by atoms with E-state index in [-0.39, 0.29) is 5.91 Å². The standard InChI is InChI=1S/C23H19N3O2/c1-28-20-11-9-16(10-12-20)17-5-4-6-18(13-17)23(27)26-25-15-19-14-24-22-8-3-2-7-21(19)22/h2-15,24H,1H3,(H,26,27)/b25-15+. The summed E-state index contributed by atoms with van der Waals surface area (Å²) >= 11 is 0. The molecule has 5 nitrogen and oxygen atoms in total. The van der Waals surface area contributed by atoms with Crippen molar-refractivity contribution in [2.75, 3.05) is 7.11 Å². The lowest BCUT2D eigenvalue weighted by Crippen LogP contribution is -2.17. The van der Waals surface area contributed by atoms with Gasteiger partial charge < -0.3 is 9.72 Å². The Morgan fingerprint density at radius 3 is 2.64 bits per heavy atom. The summed E-state index contributed by atoms with van der Waals surface area (Å²) in [4.78, 5) is 15.6. The van der Waals surface area contributed by atoms with Crippen LogP contribution in [0.15, 0.2) is 84.1 Å². The molecule has 28 heavy (non-hydrogen) atoms. The summed E-state index contributed by atoms with van der Waals surface area (Å²) in [5.41, 5.74) is 7.06. The SMILES string of the molecule is COc1ccc(-c2cccc(C(=O)N/N=C/c3c[nH]c4ccccc34)c2)cc1. The minimum Gasteiger partial charge on any atom is -0.497 e. The number of carbonyl (C=O) groups excluding carboxylic acids is 1. The van der Waals surface area contributed by atoms with Crippen molar-refractivity contribution in [1.82, 2.24) is 10.4 Å². The van der Waals surface area contributed by atoms with Crippen molar-refractivity contribution < 1.29 is 9.53 Å². The minimum absolute atomic E-state index is 0.258. The lowest BCUT2D eigenvalue weighted by atomic mass is 10.0. The van der Waals surface area contributed by atoms with Crippen LogP contribution >= 0.6 is 0 Å². The number of aromatic nitrogens is 1. The van der Waals surface area contributed by atoms with Gasteiger partial charge in [-0.3, -0.25) is 4.79 Å². The summed E-state index contributed by atoms with van der Waals surface area (Å²) in [5.74, 6) is 0.538. The van der Waals surface area contributed by atoms with Crippen LogP contribution < -0.4 is 10.2 Å². The number of fused-ring (bicyclic) bond motifs is 1. The van der Waals surface area contributed by atoms with E-state index in [1.54, 1.807) is 19.4 Å². The van der Waals surface area contributed by atoms with Crippen LogP contribution in [0.5, 0.6) is 5.75 Å². The van der Waals surface area contributed by atoms with E-state index in [1.165, 1.54) is 0 Å². The molecule has 0 aliphatic carbocycles. The molecule has 0 atom stereocenters. The number of hydrogen-bond acceptors (Lipinski definition) is 3. The Balaban J connectivity index is 1.49. The highest BCUT2D eigenvalue weighted by molar-refractivity contribution is 6.00. The predicted molar refractivity (Wildman–Crippen MR) is 112 cm³/mol. The van der Waals surface area contributed by atoms with Crippen LogP contribution in [0.25, 0.3) is 22.0 Å². The van der Waals surface area contributed by atoms with E-state index < -0.39 is 0 Å². The molecular formula is C23H19N3O2. The van der Waals surface area contributed by atoms with Crippen molar-refractivity contribution in [3.8, 4) is 16.9 Å². The van der Waals surface area contributed by atoms with Gasteiger partial charge in [-0.15, -0.1) is 0 Å². The van der Waals surface area contributed by atoms with Crippen LogP contribution in [0.3, 0.4) is 0 Å². The number of methoxy groups -OCH3 is 1. The molecule has 4 aromatic rings. The summed E-state index contributed by atoms with van der Waals surface area (Å²) in [5, 5.41) is 5.16. The number of hydrogen-bond donors (Lipinski definition) is 2. The number of aromatic amines is 1. The maximum absolute atomic E-state index is 12.5. The van der Waals surface area contributed by atoms with Crippen molar-refractivity contribution in [1.29, 1.82) is 0 Å². The molecule has 0 unspecified atom stereocenters. The van der Waals surface area contributed by atoms with Gasteiger partial charge >= 0.3 is 0 Å². The van der Waals surface area contributed by atoms with Gasteiger partial charge in [0.25, 0.3) is 5.91 Å². The Hall–Kier alpha value is -3.86. The summed E-state index contributed by atoms with van der Waals surface area (Å²) in [6.07, 6.45) is 3.51. The fourth-order valence-electron chi connectivity index (χ4n) is 3.05.